The molecule has 0 bridgehead atoms. The molecule has 0 saturated carbocycles. The number of piperazine rings is 1. The van der Waals surface area contributed by atoms with Crippen molar-refractivity contribution in [1.82, 2.24) is 9.88 Å². The molecule has 0 radical (unpaired) electrons. The molecule has 0 unspecified atom stereocenters. The summed E-state index contributed by atoms with van der Waals surface area (Å²) in [7, 11) is 0. The minimum atomic E-state index is -4.62. The number of benzene rings is 1. The predicted octanol–water partition coefficient (Wildman–Crippen LogP) is 3.09. The fourth-order valence-corrected chi connectivity index (χ4v) is 3.58. The Labute approximate surface area is 141 Å². The van der Waals surface area contributed by atoms with E-state index in [1.54, 1.807) is 29.5 Å². The molecule has 0 amide bonds. The van der Waals surface area contributed by atoms with E-state index in [4.69, 9.17) is 6.42 Å². The summed E-state index contributed by atoms with van der Waals surface area (Å²) in [6.07, 6.45) is 0.701. The Kier molecular flexibility index (Phi) is 4.94. The predicted molar refractivity (Wildman–Crippen MR) is 88.0 cm³/mol. The van der Waals surface area contributed by atoms with Gasteiger partial charge in [-0.2, -0.15) is 0 Å². The van der Waals surface area contributed by atoms with Gasteiger partial charge < -0.3 is 4.90 Å². The van der Waals surface area contributed by atoms with Crippen molar-refractivity contribution in [2.24, 2.45) is 0 Å². The number of terminal acetylenes is 1. The lowest BCUT2D eigenvalue weighted by Gasteiger charge is -2.33. The average molecular weight is 355 g/mol. The van der Waals surface area contributed by atoms with E-state index in [0.717, 1.165) is 36.0 Å². The van der Waals surface area contributed by atoms with E-state index in [9.17, 15) is 13.2 Å². The highest BCUT2D eigenvalue weighted by atomic mass is 32.1. The largest absolute Gasteiger partial charge is 0.522 e. The maximum atomic E-state index is 12.1. The van der Waals surface area contributed by atoms with Crippen LogP contribution in [0, 0.1) is 12.3 Å². The van der Waals surface area contributed by atoms with Gasteiger partial charge in [0, 0.05) is 26.2 Å². The molecule has 128 valence electrons. The quantitative estimate of drug-likeness (QED) is 0.788. The Morgan fingerprint density at radius 3 is 2.67 bits per heavy atom. The lowest BCUT2D eigenvalue weighted by atomic mass is 10.2. The SMILES string of the molecule is C#CCN1CCN(c2nc3cc(COC(F)(F)F)ccc3s2)CC1. The zero-order valence-corrected chi connectivity index (χ0v) is 13.7. The van der Waals surface area contributed by atoms with Crippen molar-refractivity contribution in [1.29, 1.82) is 0 Å². The standard InChI is InChI=1S/C16H16F3N3OS/c1-2-5-21-6-8-22(9-7-21)15-20-13-10-12(3-4-14(13)24-15)11-23-16(17,18)19/h1,3-4,10H,5-9,11H2. The third kappa shape index (κ3) is 4.17. The number of anilines is 1. The zero-order chi connectivity index (χ0) is 17.2. The molecular weight excluding hydrogens is 339 g/mol. The summed E-state index contributed by atoms with van der Waals surface area (Å²) in [6, 6.07) is 5.08. The van der Waals surface area contributed by atoms with Crippen LogP contribution in [0.5, 0.6) is 0 Å². The lowest BCUT2D eigenvalue weighted by Crippen LogP contribution is -2.46. The summed E-state index contributed by atoms with van der Waals surface area (Å²) in [6.45, 7) is 3.58. The first kappa shape index (κ1) is 17.0. The van der Waals surface area contributed by atoms with Crippen molar-refractivity contribution in [3.8, 4) is 12.3 Å². The van der Waals surface area contributed by atoms with E-state index in [1.165, 1.54) is 0 Å². The summed E-state index contributed by atoms with van der Waals surface area (Å²) in [5.74, 6) is 2.64. The molecule has 0 atom stereocenters. The number of fused-ring (bicyclic) bond motifs is 1. The minimum absolute atomic E-state index is 0.454. The third-order valence-corrected chi connectivity index (χ3v) is 4.90. The molecular formula is C16H16F3N3OS. The molecule has 8 heteroatoms. The fraction of sp³-hybridized carbons (Fsp3) is 0.438. The summed E-state index contributed by atoms with van der Waals surface area (Å²) >= 11 is 1.54. The minimum Gasteiger partial charge on any atom is -0.345 e. The second kappa shape index (κ2) is 6.97. The molecule has 3 rings (SSSR count). The van der Waals surface area contributed by atoms with Gasteiger partial charge >= 0.3 is 6.36 Å². The molecule has 1 saturated heterocycles. The molecule has 1 aliphatic rings. The second-order valence-electron chi connectivity index (χ2n) is 5.50. The first-order valence-corrected chi connectivity index (χ1v) is 8.27. The van der Waals surface area contributed by atoms with Gasteiger partial charge in [-0.15, -0.1) is 19.6 Å². The molecule has 1 aromatic carbocycles. The van der Waals surface area contributed by atoms with Crippen molar-refractivity contribution in [2.75, 3.05) is 37.6 Å². The van der Waals surface area contributed by atoms with E-state index in [-0.39, 0.29) is 0 Å². The number of hydrogen-bond donors (Lipinski definition) is 0. The highest BCUT2D eigenvalue weighted by Gasteiger charge is 2.29. The number of thiazole rings is 1. The van der Waals surface area contributed by atoms with Crippen molar-refractivity contribution in [2.45, 2.75) is 13.0 Å². The van der Waals surface area contributed by atoms with Crippen LogP contribution < -0.4 is 4.90 Å². The average Bonchev–Trinajstić information content (AvgIpc) is 2.96. The smallest absolute Gasteiger partial charge is 0.345 e. The Morgan fingerprint density at radius 1 is 1.25 bits per heavy atom. The van der Waals surface area contributed by atoms with Gasteiger partial charge in [0.05, 0.1) is 23.4 Å². The molecule has 1 fully saturated rings. The Balaban J connectivity index is 1.69. The van der Waals surface area contributed by atoms with Crippen molar-refractivity contribution in [3.05, 3.63) is 23.8 Å². The number of ether oxygens (including phenoxy) is 1. The summed E-state index contributed by atoms with van der Waals surface area (Å²) in [5, 5.41) is 0.888. The maximum Gasteiger partial charge on any atom is 0.522 e. The van der Waals surface area contributed by atoms with Gasteiger partial charge in [0.25, 0.3) is 0 Å². The van der Waals surface area contributed by atoms with Crippen LogP contribution in [0.15, 0.2) is 18.2 Å². The van der Waals surface area contributed by atoms with E-state index < -0.39 is 13.0 Å². The molecule has 0 N–H and O–H groups in total. The normalized spacial score (nSPS) is 16.5. The molecule has 0 spiro atoms. The Morgan fingerprint density at radius 2 is 2.00 bits per heavy atom. The van der Waals surface area contributed by atoms with Crippen molar-refractivity contribution >= 4 is 26.7 Å². The number of halogens is 3. The zero-order valence-electron chi connectivity index (χ0n) is 12.8. The molecule has 1 aliphatic heterocycles. The van der Waals surface area contributed by atoms with Gasteiger partial charge in [0.15, 0.2) is 5.13 Å². The molecule has 2 aromatic rings. The highest BCUT2D eigenvalue weighted by Crippen LogP contribution is 2.30. The second-order valence-corrected chi connectivity index (χ2v) is 6.51. The number of rotatable bonds is 4. The van der Waals surface area contributed by atoms with E-state index in [1.807, 2.05) is 0 Å². The van der Waals surface area contributed by atoms with Crippen molar-refractivity contribution in [3.63, 3.8) is 0 Å². The van der Waals surface area contributed by atoms with Gasteiger partial charge in [-0.1, -0.05) is 23.3 Å². The van der Waals surface area contributed by atoms with Crippen molar-refractivity contribution < 1.29 is 17.9 Å². The van der Waals surface area contributed by atoms with E-state index in [0.29, 0.717) is 17.6 Å². The number of nitrogens with zero attached hydrogens (tertiary/aromatic N) is 3. The van der Waals surface area contributed by atoms with Crippen LogP contribution in [-0.2, 0) is 11.3 Å². The van der Waals surface area contributed by atoms with Gasteiger partial charge in [-0.25, -0.2) is 4.98 Å². The molecule has 24 heavy (non-hydrogen) atoms. The first-order chi connectivity index (χ1) is 11.4. The Bertz CT molecular complexity index is 745. The maximum absolute atomic E-state index is 12.1. The molecule has 2 heterocycles. The van der Waals surface area contributed by atoms with Gasteiger partial charge in [0.2, 0.25) is 0 Å². The topological polar surface area (TPSA) is 28.6 Å². The Hall–Kier alpha value is -1.82. The van der Waals surface area contributed by atoms with Crippen LogP contribution in [0.3, 0.4) is 0 Å². The van der Waals surface area contributed by atoms with Gasteiger partial charge in [-0.05, 0) is 17.7 Å². The monoisotopic (exact) mass is 355 g/mol. The van der Waals surface area contributed by atoms with Crippen LogP contribution in [0.4, 0.5) is 18.3 Å². The van der Waals surface area contributed by atoms with Crippen LogP contribution in [0.2, 0.25) is 0 Å². The fourth-order valence-electron chi connectivity index (χ4n) is 2.58. The first-order valence-electron chi connectivity index (χ1n) is 7.45. The molecule has 1 aromatic heterocycles. The number of alkyl halides is 3. The van der Waals surface area contributed by atoms with Gasteiger partial charge in [0.1, 0.15) is 0 Å². The summed E-state index contributed by atoms with van der Waals surface area (Å²) in [5.41, 5.74) is 1.15. The summed E-state index contributed by atoms with van der Waals surface area (Å²) in [4.78, 5) is 8.95. The van der Waals surface area contributed by atoms with Crippen LogP contribution in [0.1, 0.15) is 5.56 Å². The van der Waals surface area contributed by atoms with E-state index >= 15 is 0 Å². The summed E-state index contributed by atoms with van der Waals surface area (Å²) < 4.78 is 41.2. The number of aromatic nitrogens is 1. The molecule has 0 aliphatic carbocycles. The third-order valence-electron chi connectivity index (χ3n) is 3.80. The van der Waals surface area contributed by atoms with Gasteiger partial charge in [-0.3, -0.25) is 9.64 Å². The van der Waals surface area contributed by atoms with Crippen LogP contribution in [-0.4, -0.2) is 49.0 Å². The molecule has 4 nitrogen and oxygen atoms in total. The lowest BCUT2D eigenvalue weighted by molar-refractivity contribution is -0.330. The highest BCUT2D eigenvalue weighted by molar-refractivity contribution is 7.22. The van der Waals surface area contributed by atoms with Crippen LogP contribution in [0.25, 0.3) is 10.2 Å². The van der Waals surface area contributed by atoms with E-state index in [2.05, 4.69) is 25.4 Å². The van der Waals surface area contributed by atoms with Crippen LogP contribution >= 0.6 is 11.3 Å². The number of hydrogen-bond acceptors (Lipinski definition) is 5.